The lowest BCUT2D eigenvalue weighted by Gasteiger charge is -2.18. The van der Waals surface area contributed by atoms with E-state index < -0.39 is 5.97 Å². The Morgan fingerprint density at radius 2 is 2.29 bits per heavy atom. The van der Waals surface area contributed by atoms with Gasteiger partial charge >= 0.3 is 5.97 Å². The zero-order valence-electron chi connectivity index (χ0n) is 9.35. The van der Waals surface area contributed by atoms with Crippen LogP contribution in [-0.2, 0) is 11.2 Å². The average Bonchev–Trinajstić information content (AvgIpc) is 2.35. The number of aliphatic carboxylic acids is 1. The van der Waals surface area contributed by atoms with Gasteiger partial charge in [0.2, 0.25) is 0 Å². The molecule has 0 bridgehead atoms. The molecule has 1 heterocycles. The number of fused-ring (bicyclic) bond motifs is 1. The Morgan fingerprint density at radius 3 is 3.00 bits per heavy atom. The van der Waals surface area contributed by atoms with Crippen molar-refractivity contribution in [3.63, 3.8) is 0 Å². The van der Waals surface area contributed by atoms with E-state index in [0.717, 1.165) is 42.4 Å². The Kier molecular flexibility index (Phi) is 3.44. The van der Waals surface area contributed by atoms with Gasteiger partial charge in [-0.2, -0.15) is 0 Å². The fraction of sp³-hybridized carbons (Fsp3) is 0.308. The molecule has 0 spiro atoms. The van der Waals surface area contributed by atoms with Crippen molar-refractivity contribution in [1.29, 1.82) is 0 Å². The first-order valence-corrected chi connectivity index (χ1v) is 5.51. The maximum absolute atomic E-state index is 10.6. The summed E-state index contributed by atoms with van der Waals surface area (Å²) in [5.41, 5.74) is 2.21. The molecule has 1 aromatic rings. The number of carboxylic acids is 1. The van der Waals surface area contributed by atoms with Crippen LogP contribution in [-0.4, -0.2) is 29.4 Å². The second kappa shape index (κ2) is 5.01. The second-order valence-corrected chi connectivity index (χ2v) is 3.94. The van der Waals surface area contributed by atoms with E-state index in [-0.39, 0.29) is 6.61 Å². The van der Waals surface area contributed by atoms with Gasteiger partial charge < -0.3 is 14.9 Å². The number of hydrogen-bond donors (Lipinski definition) is 2. The SMILES string of the molecule is O=C(O)/C=C(\CO)c1ccc2c(c1)CCCO2. The van der Waals surface area contributed by atoms with Crippen molar-refractivity contribution >= 4 is 11.5 Å². The molecular weight excluding hydrogens is 220 g/mol. The van der Waals surface area contributed by atoms with E-state index in [1.807, 2.05) is 12.1 Å². The average molecular weight is 234 g/mol. The highest BCUT2D eigenvalue weighted by Crippen LogP contribution is 2.28. The van der Waals surface area contributed by atoms with Crippen LogP contribution >= 0.6 is 0 Å². The number of aliphatic hydroxyl groups is 1. The van der Waals surface area contributed by atoms with E-state index in [0.29, 0.717) is 5.57 Å². The minimum atomic E-state index is -1.05. The van der Waals surface area contributed by atoms with E-state index in [9.17, 15) is 4.79 Å². The third kappa shape index (κ3) is 2.65. The van der Waals surface area contributed by atoms with Crippen LogP contribution in [0.5, 0.6) is 5.75 Å². The summed E-state index contributed by atoms with van der Waals surface area (Å²) in [6, 6.07) is 5.49. The highest BCUT2D eigenvalue weighted by Gasteiger charge is 2.12. The van der Waals surface area contributed by atoms with Crippen LogP contribution in [0.15, 0.2) is 24.3 Å². The molecule has 0 radical (unpaired) electrons. The molecule has 1 aliphatic rings. The monoisotopic (exact) mass is 234 g/mol. The normalized spacial score (nSPS) is 15.0. The van der Waals surface area contributed by atoms with Crippen LogP contribution in [0.2, 0.25) is 0 Å². The summed E-state index contributed by atoms with van der Waals surface area (Å²) in [7, 11) is 0. The Morgan fingerprint density at radius 1 is 1.47 bits per heavy atom. The second-order valence-electron chi connectivity index (χ2n) is 3.94. The molecule has 1 aliphatic heterocycles. The standard InChI is InChI=1S/C13H14O4/c14-8-11(7-13(15)16)9-3-4-12-10(6-9)2-1-5-17-12/h3-4,6-7,14H,1-2,5,8H2,(H,15,16)/b11-7+. The lowest BCUT2D eigenvalue weighted by atomic mass is 9.99. The molecule has 0 saturated heterocycles. The van der Waals surface area contributed by atoms with Gasteiger partial charge in [-0.25, -0.2) is 4.79 Å². The van der Waals surface area contributed by atoms with Crippen molar-refractivity contribution in [3.05, 3.63) is 35.4 Å². The minimum absolute atomic E-state index is 0.286. The molecule has 1 aromatic carbocycles. The Labute approximate surface area is 99.2 Å². The maximum atomic E-state index is 10.6. The van der Waals surface area contributed by atoms with Crippen molar-refractivity contribution < 1.29 is 19.7 Å². The number of aliphatic hydroxyl groups excluding tert-OH is 1. The van der Waals surface area contributed by atoms with Crippen LogP contribution in [0.3, 0.4) is 0 Å². The predicted octanol–water partition coefficient (Wildman–Crippen LogP) is 1.47. The van der Waals surface area contributed by atoms with E-state index in [2.05, 4.69) is 0 Å². The molecule has 90 valence electrons. The van der Waals surface area contributed by atoms with Gasteiger partial charge in [-0.3, -0.25) is 0 Å². The van der Waals surface area contributed by atoms with Gasteiger partial charge in [0.25, 0.3) is 0 Å². The fourth-order valence-corrected chi connectivity index (χ4v) is 1.93. The molecule has 4 nitrogen and oxygen atoms in total. The zero-order chi connectivity index (χ0) is 12.3. The highest BCUT2D eigenvalue weighted by molar-refractivity contribution is 5.90. The lowest BCUT2D eigenvalue weighted by Crippen LogP contribution is -2.08. The minimum Gasteiger partial charge on any atom is -0.493 e. The first-order chi connectivity index (χ1) is 8.20. The number of rotatable bonds is 3. The molecule has 0 amide bonds. The number of carboxylic acid groups (broad SMARTS) is 1. The van der Waals surface area contributed by atoms with Crippen molar-refractivity contribution in [3.8, 4) is 5.75 Å². The molecule has 0 unspecified atom stereocenters. The van der Waals surface area contributed by atoms with Gasteiger partial charge in [-0.1, -0.05) is 6.07 Å². The quantitative estimate of drug-likeness (QED) is 0.777. The molecule has 0 saturated carbocycles. The third-order valence-electron chi connectivity index (χ3n) is 2.75. The van der Waals surface area contributed by atoms with Gasteiger partial charge in [-0.05, 0) is 41.7 Å². The number of carbonyl (C=O) groups is 1. The molecule has 0 aliphatic carbocycles. The zero-order valence-corrected chi connectivity index (χ0v) is 9.35. The summed E-state index contributed by atoms with van der Waals surface area (Å²) < 4.78 is 5.47. The Bertz CT molecular complexity index is 462. The van der Waals surface area contributed by atoms with Crippen LogP contribution in [0, 0.1) is 0 Å². The number of aryl methyl sites for hydroxylation is 1. The number of benzene rings is 1. The van der Waals surface area contributed by atoms with E-state index in [4.69, 9.17) is 14.9 Å². The largest absolute Gasteiger partial charge is 0.493 e. The molecule has 0 aromatic heterocycles. The van der Waals surface area contributed by atoms with Crippen LogP contribution < -0.4 is 4.74 Å². The van der Waals surface area contributed by atoms with Gasteiger partial charge in [0.15, 0.2) is 0 Å². The topological polar surface area (TPSA) is 66.8 Å². The maximum Gasteiger partial charge on any atom is 0.328 e. The summed E-state index contributed by atoms with van der Waals surface area (Å²) in [4.78, 5) is 10.6. The molecule has 0 atom stereocenters. The first-order valence-electron chi connectivity index (χ1n) is 5.51. The molecule has 2 rings (SSSR count). The van der Waals surface area contributed by atoms with Crippen molar-refractivity contribution in [2.45, 2.75) is 12.8 Å². The summed E-state index contributed by atoms with van der Waals surface area (Å²) in [6.07, 6.45) is 2.92. The van der Waals surface area contributed by atoms with Crippen LogP contribution in [0.4, 0.5) is 0 Å². The first kappa shape index (κ1) is 11.7. The van der Waals surface area contributed by atoms with E-state index >= 15 is 0 Å². The van der Waals surface area contributed by atoms with Gasteiger partial charge in [0.1, 0.15) is 5.75 Å². The lowest BCUT2D eigenvalue weighted by molar-refractivity contribution is -0.131. The third-order valence-corrected chi connectivity index (χ3v) is 2.75. The fourth-order valence-electron chi connectivity index (χ4n) is 1.93. The number of hydrogen-bond acceptors (Lipinski definition) is 3. The summed E-state index contributed by atoms with van der Waals surface area (Å²) in [5.74, 6) is -0.198. The smallest absolute Gasteiger partial charge is 0.328 e. The van der Waals surface area contributed by atoms with E-state index in [1.165, 1.54) is 0 Å². The van der Waals surface area contributed by atoms with Crippen molar-refractivity contribution in [2.75, 3.05) is 13.2 Å². The summed E-state index contributed by atoms with van der Waals surface area (Å²) >= 11 is 0. The molecule has 17 heavy (non-hydrogen) atoms. The van der Waals surface area contributed by atoms with E-state index in [1.54, 1.807) is 6.07 Å². The predicted molar refractivity (Wildman–Crippen MR) is 63.0 cm³/mol. The van der Waals surface area contributed by atoms with Crippen molar-refractivity contribution in [2.24, 2.45) is 0 Å². The van der Waals surface area contributed by atoms with Crippen LogP contribution in [0.25, 0.3) is 5.57 Å². The summed E-state index contributed by atoms with van der Waals surface area (Å²) in [6.45, 7) is 0.441. The van der Waals surface area contributed by atoms with Crippen LogP contribution in [0.1, 0.15) is 17.5 Å². The van der Waals surface area contributed by atoms with Gasteiger partial charge in [-0.15, -0.1) is 0 Å². The van der Waals surface area contributed by atoms with Gasteiger partial charge in [0, 0.05) is 6.08 Å². The van der Waals surface area contributed by atoms with Crippen molar-refractivity contribution in [1.82, 2.24) is 0 Å². The molecular formula is C13H14O4. The summed E-state index contributed by atoms with van der Waals surface area (Å²) in [5, 5.41) is 17.9. The molecule has 4 heteroatoms. The number of ether oxygens (including phenoxy) is 1. The molecule has 2 N–H and O–H groups in total. The Hall–Kier alpha value is -1.81. The highest BCUT2D eigenvalue weighted by atomic mass is 16.5. The Balaban J connectivity index is 2.35. The molecule has 0 fully saturated rings. The van der Waals surface area contributed by atoms with Gasteiger partial charge in [0.05, 0.1) is 13.2 Å².